The van der Waals surface area contributed by atoms with Gasteiger partial charge in [0.25, 0.3) is 5.91 Å². The minimum atomic E-state index is -0.823. The molecule has 0 unspecified atom stereocenters. The van der Waals surface area contributed by atoms with Crippen molar-refractivity contribution in [2.24, 2.45) is 0 Å². The van der Waals surface area contributed by atoms with Crippen LogP contribution in [0.4, 0.5) is 5.69 Å². The van der Waals surface area contributed by atoms with Crippen molar-refractivity contribution in [3.05, 3.63) is 70.5 Å². The predicted octanol–water partition coefficient (Wildman–Crippen LogP) is 5.21. The van der Waals surface area contributed by atoms with Crippen LogP contribution in [0.2, 0.25) is 0 Å². The first-order chi connectivity index (χ1) is 15.4. The van der Waals surface area contributed by atoms with Crippen molar-refractivity contribution in [2.45, 2.75) is 33.6 Å². The van der Waals surface area contributed by atoms with Gasteiger partial charge in [-0.15, -0.1) is 0 Å². The number of rotatable bonds is 7. The summed E-state index contributed by atoms with van der Waals surface area (Å²) in [6.45, 7) is 6.44. The van der Waals surface area contributed by atoms with Crippen LogP contribution in [0.1, 0.15) is 41.4 Å². The molecule has 0 saturated heterocycles. The molecule has 1 aliphatic rings. The summed E-state index contributed by atoms with van der Waals surface area (Å²) >= 11 is 0. The number of hydrogen-bond acceptors (Lipinski definition) is 3. The van der Waals surface area contributed by atoms with Crippen LogP contribution in [0.5, 0.6) is 5.75 Å². The molecule has 0 saturated carbocycles. The largest absolute Gasteiger partial charge is 0.494 e. The molecule has 0 spiro atoms. The number of hydrogen-bond donors (Lipinski definition) is 3. The van der Waals surface area contributed by atoms with E-state index in [4.69, 9.17) is 9.84 Å². The Morgan fingerprint density at radius 3 is 2.66 bits per heavy atom. The van der Waals surface area contributed by atoms with Crippen molar-refractivity contribution in [3.63, 3.8) is 0 Å². The van der Waals surface area contributed by atoms with Crippen LogP contribution in [0, 0.1) is 13.8 Å². The maximum Gasteiger partial charge on any atom is 0.303 e. The van der Waals surface area contributed by atoms with Gasteiger partial charge in [-0.25, -0.2) is 0 Å². The van der Waals surface area contributed by atoms with E-state index in [1.807, 2.05) is 69.3 Å². The average Bonchev–Trinajstić information content (AvgIpc) is 3.21. The Morgan fingerprint density at radius 1 is 1.12 bits per heavy atom. The van der Waals surface area contributed by atoms with E-state index < -0.39 is 5.97 Å². The van der Waals surface area contributed by atoms with E-state index in [1.165, 1.54) is 0 Å². The number of amides is 1. The second kappa shape index (κ2) is 8.75. The van der Waals surface area contributed by atoms with Gasteiger partial charge in [-0.1, -0.05) is 24.3 Å². The van der Waals surface area contributed by atoms with Crippen molar-refractivity contribution >= 4 is 29.2 Å². The molecule has 164 valence electrons. The van der Waals surface area contributed by atoms with Gasteiger partial charge in [0.1, 0.15) is 5.75 Å². The van der Waals surface area contributed by atoms with Crippen molar-refractivity contribution in [3.8, 4) is 16.9 Å². The van der Waals surface area contributed by atoms with Gasteiger partial charge in [-0.3, -0.25) is 9.59 Å². The van der Waals surface area contributed by atoms with E-state index >= 15 is 0 Å². The van der Waals surface area contributed by atoms with E-state index in [-0.39, 0.29) is 12.3 Å². The zero-order valence-corrected chi connectivity index (χ0v) is 18.4. The molecule has 0 radical (unpaired) electrons. The number of benzene rings is 2. The predicted molar refractivity (Wildman–Crippen MR) is 126 cm³/mol. The zero-order chi connectivity index (χ0) is 22.8. The maximum absolute atomic E-state index is 12.7. The summed E-state index contributed by atoms with van der Waals surface area (Å²) in [5, 5.41) is 12.0. The first-order valence-corrected chi connectivity index (χ1v) is 10.7. The molecule has 4 rings (SSSR count). The zero-order valence-electron chi connectivity index (χ0n) is 18.4. The molecule has 0 bridgehead atoms. The Labute approximate surface area is 186 Å². The third-order valence-electron chi connectivity index (χ3n) is 5.79. The molecule has 6 nitrogen and oxygen atoms in total. The van der Waals surface area contributed by atoms with Crippen LogP contribution >= 0.6 is 0 Å². The fourth-order valence-corrected chi connectivity index (χ4v) is 4.16. The Hall–Kier alpha value is -3.80. The number of aryl methyl sites for hydroxylation is 1. The lowest BCUT2D eigenvalue weighted by atomic mass is 9.99. The number of carbonyl (C=O) groups is 2. The molecule has 1 amide bonds. The minimum absolute atomic E-state index is 0.0755. The summed E-state index contributed by atoms with van der Waals surface area (Å²) in [6.07, 6.45) is 2.38. The van der Waals surface area contributed by atoms with Gasteiger partial charge in [0, 0.05) is 29.1 Å². The monoisotopic (exact) mass is 430 g/mol. The van der Waals surface area contributed by atoms with Crippen LogP contribution in [-0.2, 0) is 16.0 Å². The first kappa shape index (κ1) is 21.4. The highest BCUT2D eigenvalue weighted by atomic mass is 16.5. The number of fused-ring (bicyclic) bond motifs is 1. The topological polar surface area (TPSA) is 91.4 Å². The molecule has 1 aliphatic heterocycles. The van der Waals surface area contributed by atoms with Gasteiger partial charge >= 0.3 is 5.97 Å². The summed E-state index contributed by atoms with van der Waals surface area (Å²) in [4.78, 5) is 27.0. The van der Waals surface area contributed by atoms with E-state index in [2.05, 4.69) is 10.3 Å². The van der Waals surface area contributed by atoms with Crippen LogP contribution in [0.25, 0.3) is 22.8 Å². The van der Waals surface area contributed by atoms with Crippen LogP contribution < -0.4 is 10.1 Å². The van der Waals surface area contributed by atoms with E-state index in [9.17, 15) is 9.59 Å². The van der Waals surface area contributed by atoms with Gasteiger partial charge in [0.15, 0.2) is 0 Å². The van der Waals surface area contributed by atoms with E-state index in [1.54, 1.807) is 0 Å². The smallest absolute Gasteiger partial charge is 0.303 e. The molecule has 3 N–H and O–H groups in total. The third kappa shape index (κ3) is 4.17. The van der Waals surface area contributed by atoms with Gasteiger partial charge < -0.3 is 20.1 Å². The number of aliphatic carboxylic acids is 1. The van der Waals surface area contributed by atoms with Crippen molar-refractivity contribution in [2.75, 3.05) is 11.9 Å². The molecule has 0 atom stereocenters. The summed E-state index contributed by atoms with van der Waals surface area (Å²) in [7, 11) is 0. The first-order valence-electron chi connectivity index (χ1n) is 10.7. The van der Waals surface area contributed by atoms with E-state index in [0.717, 1.165) is 50.6 Å². The molecule has 6 heteroatoms. The molecular formula is C26H26N2O4. The number of carboxylic acids is 1. The fourth-order valence-electron chi connectivity index (χ4n) is 4.16. The molecule has 2 aromatic carbocycles. The second-order valence-electron chi connectivity index (χ2n) is 7.89. The van der Waals surface area contributed by atoms with Crippen molar-refractivity contribution in [1.82, 2.24) is 4.98 Å². The second-order valence-corrected chi connectivity index (χ2v) is 7.89. The SMILES string of the molecule is CCOc1cccc(-c2ccc3c(c2)NC(=O)C3=Cc2[nH]c(C)c(CCC(=O)O)c2C)c1. The lowest BCUT2D eigenvalue weighted by Crippen LogP contribution is -2.03. The Kier molecular flexibility index (Phi) is 5.86. The van der Waals surface area contributed by atoms with Gasteiger partial charge in [-0.05, 0) is 73.7 Å². The Morgan fingerprint density at radius 2 is 1.91 bits per heavy atom. The number of nitrogens with one attached hydrogen (secondary N) is 2. The van der Waals surface area contributed by atoms with Gasteiger partial charge in [0.05, 0.1) is 12.2 Å². The average molecular weight is 431 g/mol. The molecular weight excluding hydrogens is 404 g/mol. The van der Waals surface area contributed by atoms with Gasteiger partial charge in [-0.2, -0.15) is 0 Å². The van der Waals surface area contributed by atoms with Crippen LogP contribution in [-0.4, -0.2) is 28.6 Å². The summed E-state index contributed by atoms with van der Waals surface area (Å²) in [6, 6.07) is 13.8. The van der Waals surface area contributed by atoms with Gasteiger partial charge in [0.2, 0.25) is 0 Å². The standard InChI is InChI=1S/C26H26N2O4/c1-4-32-19-7-5-6-17(12-19)18-8-9-21-22(26(31)28-24(21)13-18)14-23-15(2)20(16(3)27-23)10-11-25(29)30/h5-9,12-14,27H,4,10-11H2,1-3H3,(H,28,31)(H,29,30). The molecule has 2 heterocycles. The van der Waals surface area contributed by atoms with Crippen molar-refractivity contribution in [1.29, 1.82) is 0 Å². The summed E-state index contributed by atoms with van der Waals surface area (Å²) in [5.74, 6) is -0.165. The highest BCUT2D eigenvalue weighted by molar-refractivity contribution is 6.35. The number of carboxylic acid groups (broad SMARTS) is 1. The summed E-state index contributed by atoms with van der Waals surface area (Å²) < 4.78 is 5.60. The quantitative estimate of drug-likeness (QED) is 0.449. The molecule has 3 aromatic rings. The minimum Gasteiger partial charge on any atom is -0.494 e. The molecule has 32 heavy (non-hydrogen) atoms. The third-order valence-corrected chi connectivity index (χ3v) is 5.79. The van der Waals surface area contributed by atoms with E-state index in [0.29, 0.717) is 18.6 Å². The number of H-pyrrole nitrogens is 1. The number of aromatic nitrogens is 1. The summed E-state index contributed by atoms with van der Waals surface area (Å²) in [5.41, 5.74) is 7.94. The lowest BCUT2D eigenvalue weighted by Gasteiger charge is -2.08. The lowest BCUT2D eigenvalue weighted by molar-refractivity contribution is -0.137. The van der Waals surface area contributed by atoms with Crippen LogP contribution in [0.3, 0.4) is 0 Å². The fraction of sp³-hybridized carbons (Fsp3) is 0.231. The maximum atomic E-state index is 12.7. The normalized spacial score (nSPS) is 13.8. The van der Waals surface area contributed by atoms with Crippen LogP contribution in [0.15, 0.2) is 42.5 Å². The Bertz CT molecular complexity index is 1240. The molecule has 1 aromatic heterocycles. The highest BCUT2D eigenvalue weighted by Gasteiger charge is 2.25. The van der Waals surface area contributed by atoms with Crippen molar-refractivity contribution < 1.29 is 19.4 Å². The Balaban J connectivity index is 1.67. The number of ether oxygens (including phenoxy) is 1. The number of aromatic amines is 1. The molecule has 0 fully saturated rings. The number of anilines is 1. The molecule has 0 aliphatic carbocycles. The highest BCUT2D eigenvalue weighted by Crippen LogP contribution is 2.37. The number of carbonyl (C=O) groups excluding carboxylic acids is 1.